The first-order valence-corrected chi connectivity index (χ1v) is 7.05. The number of carboxylic acids is 1. The fourth-order valence-electron chi connectivity index (χ4n) is 1.88. The number of halogens is 1. The molecule has 1 amide bonds. The monoisotopic (exact) mass is 311 g/mol. The van der Waals surface area contributed by atoms with Crippen molar-refractivity contribution in [2.75, 3.05) is 32.5 Å². The van der Waals surface area contributed by atoms with Gasteiger partial charge in [-0.1, -0.05) is 6.07 Å². The minimum atomic E-state index is -1.08. The van der Waals surface area contributed by atoms with Crippen molar-refractivity contribution in [2.45, 2.75) is 18.9 Å². The van der Waals surface area contributed by atoms with Crippen LogP contribution in [0.25, 0.3) is 0 Å². The van der Waals surface area contributed by atoms with Gasteiger partial charge in [-0.25, -0.2) is 4.39 Å². The lowest BCUT2D eigenvalue weighted by Gasteiger charge is -2.15. The van der Waals surface area contributed by atoms with Gasteiger partial charge in [-0.15, -0.1) is 0 Å². The van der Waals surface area contributed by atoms with Crippen molar-refractivity contribution in [3.63, 3.8) is 0 Å². The minimum absolute atomic E-state index is 0.214. The zero-order chi connectivity index (χ0) is 16.5. The Balaban J connectivity index is 2.45. The van der Waals surface area contributed by atoms with Gasteiger partial charge in [0.15, 0.2) is 0 Å². The van der Waals surface area contributed by atoms with Crippen LogP contribution in [0.2, 0.25) is 0 Å². The fourth-order valence-corrected chi connectivity index (χ4v) is 1.88. The van der Waals surface area contributed by atoms with E-state index in [4.69, 9.17) is 5.11 Å². The van der Waals surface area contributed by atoms with Gasteiger partial charge in [-0.2, -0.15) is 0 Å². The SMILES string of the molecule is CN(C)CCCN[C@@H](CC(=O)Nc1cccc(F)c1)C(=O)O. The Morgan fingerprint density at radius 3 is 2.68 bits per heavy atom. The third-order valence-electron chi connectivity index (χ3n) is 2.97. The van der Waals surface area contributed by atoms with Crippen LogP contribution < -0.4 is 10.6 Å². The molecule has 0 spiro atoms. The highest BCUT2D eigenvalue weighted by atomic mass is 19.1. The van der Waals surface area contributed by atoms with E-state index in [0.717, 1.165) is 13.0 Å². The van der Waals surface area contributed by atoms with Gasteiger partial charge in [0, 0.05) is 5.69 Å². The number of anilines is 1. The number of aliphatic carboxylic acids is 1. The van der Waals surface area contributed by atoms with Crippen molar-refractivity contribution >= 4 is 17.6 Å². The molecule has 122 valence electrons. The van der Waals surface area contributed by atoms with Gasteiger partial charge in [0.25, 0.3) is 0 Å². The Kier molecular flexibility index (Phi) is 7.48. The first-order chi connectivity index (χ1) is 10.4. The number of hydrogen-bond donors (Lipinski definition) is 3. The molecule has 3 N–H and O–H groups in total. The van der Waals surface area contributed by atoms with E-state index in [1.54, 1.807) is 6.07 Å². The molecule has 1 rings (SSSR count). The van der Waals surface area contributed by atoms with Crippen molar-refractivity contribution in [3.05, 3.63) is 30.1 Å². The summed E-state index contributed by atoms with van der Waals surface area (Å²) in [4.78, 5) is 25.0. The molecule has 0 aliphatic carbocycles. The maximum Gasteiger partial charge on any atom is 0.321 e. The average Bonchev–Trinajstić information content (AvgIpc) is 2.41. The van der Waals surface area contributed by atoms with Crippen molar-refractivity contribution in [2.24, 2.45) is 0 Å². The molecule has 0 saturated carbocycles. The summed E-state index contributed by atoms with van der Waals surface area (Å²) >= 11 is 0. The highest BCUT2D eigenvalue weighted by molar-refractivity contribution is 5.94. The van der Waals surface area contributed by atoms with Crippen LogP contribution >= 0.6 is 0 Å². The van der Waals surface area contributed by atoms with E-state index in [2.05, 4.69) is 10.6 Å². The van der Waals surface area contributed by atoms with Crippen LogP contribution in [0.5, 0.6) is 0 Å². The molecule has 0 aromatic heterocycles. The topological polar surface area (TPSA) is 81.7 Å². The number of rotatable bonds is 9. The van der Waals surface area contributed by atoms with Gasteiger partial charge < -0.3 is 20.6 Å². The Labute approximate surface area is 129 Å². The maximum absolute atomic E-state index is 13.0. The number of hydrogen-bond acceptors (Lipinski definition) is 4. The molecule has 0 unspecified atom stereocenters. The summed E-state index contributed by atoms with van der Waals surface area (Å²) in [7, 11) is 3.86. The zero-order valence-corrected chi connectivity index (χ0v) is 12.8. The molecule has 6 nitrogen and oxygen atoms in total. The number of amides is 1. The number of carbonyl (C=O) groups is 2. The van der Waals surface area contributed by atoms with Crippen LogP contribution in [0.15, 0.2) is 24.3 Å². The van der Waals surface area contributed by atoms with E-state index in [-0.39, 0.29) is 6.42 Å². The molecular formula is C15H22FN3O3. The van der Waals surface area contributed by atoms with Crippen LogP contribution in [0.4, 0.5) is 10.1 Å². The van der Waals surface area contributed by atoms with E-state index in [9.17, 15) is 14.0 Å². The van der Waals surface area contributed by atoms with E-state index < -0.39 is 23.7 Å². The summed E-state index contributed by atoms with van der Waals surface area (Å²) in [6.45, 7) is 1.33. The van der Waals surface area contributed by atoms with Gasteiger partial charge >= 0.3 is 5.97 Å². The summed E-state index contributed by atoms with van der Waals surface area (Å²) in [5, 5.41) is 14.5. The molecule has 1 aromatic rings. The first kappa shape index (κ1) is 18.1. The predicted octanol–water partition coefficient (Wildman–Crippen LogP) is 1.15. The standard InChI is InChI=1S/C15H22FN3O3/c1-19(2)8-4-7-17-13(15(21)22)10-14(20)18-12-6-3-5-11(16)9-12/h3,5-6,9,13,17H,4,7-8,10H2,1-2H3,(H,18,20)(H,21,22)/t13-/m0/s1. The van der Waals surface area contributed by atoms with Gasteiger partial charge in [-0.3, -0.25) is 9.59 Å². The molecule has 0 aliphatic heterocycles. The van der Waals surface area contributed by atoms with Crippen LogP contribution in [-0.4, -0.2) is 55.1 Å². The third kappa shape index (κ3) is 7.14. The van der Waals surface area contributed by atoms with Crippen LogP contribution in [0, 0.1) is 5.82 Å². The number of carbonyl (C=O) groups excluding carboxylic acids is 1. The molecule has 0 bridgehead atoms. The van der Waals surface area contributed by atoms with E-state index in [0.29, 0.717) is 12.2 Å². The van der Waals surface area contributed by atoms with Gasteiger partial charge in [0.2, 0.25) is 5.91 Å². The Hall–Kier alpha value is -1.99. The molecule has 0 radical (unpaired) electrons. The Bertz CT molecular complexity index is 509. The normalized spacial score (nSPS) is 12.2. The smallest absolute Gasteiger partial charge is 0.321 e. The van der Waals surface area contributed by atoms with E-state index in [1.807, 2.05) is 19.0 Å². The minimum Gasteiger partial charge on any atom is -0.480 e. The van der Waals surface area contributed by atoms with Crippen molar-refractivity contribution in [1.82, 2.24) is 10.2 Å². The molecule has 22 heavy (non-hydrogen) atoms. The van der Waals surface area contributed by atoms with Crippen molar-refractivity contribution < 1.29 is 19.1 Å². The van der Waals surface area contributed by atoms with Gasteiger partial charge in [0.1, 0.15) is 11.9 Å². The number of nitrogens with one attached hydrogen (secondary N) is 2. The second-order valence-electron chi connectivity index (χ2n) is 5.26. The largest absolute Gasteiger partial charge is 0.480 e. The predicted molar refractivity (Wildman–Crippen MR) is 82.2 cm³/mol. The molecular weight excluding hydrogens is 289 g/mol. The highest BCUT2D eigenvalue weighted by Gasteiger charge is 2.20. The maximum atomic E-state index is 13.0. The molecule has 0 aliphatic rings. The van der Waals surface area contributed by atoms with Crippen LogP contribution in [-0.2, 0) is 9.59 Å². The Morgan fingerprint density at radius 1 is 1.36 bits per heavy atom. The lowest BCUT2D eigenvalue weighted by molar-refractivity contribution is -0.141. The van der Waals surface area contributed by atoms with Crippen molar-refractivity contribution in [1.29, 1.82) is 0 Å². The molecule has 0 saturated heterocycles. The lowest BCUT2D eigenvalue weighted by Crippen LogP contribution is -2.40. The van der Waals surface area contributed by atoms with E-state index in [1.165, 1.54) is 18.2 Å². The Morgan fingerprint density at radius 2 is 2.09 bits per heavy atom. The molecule has 1 atom stereocenters. The number of carboxylic acid groups (broad SMARTS) is 1. The van der Waals surface area contributed by atoms with Crippen LogP contribution in [0.3, 0.4) is 0 Å². The summed E-state index contributed by atoms with van der Waals surface area (Å²) in [6, 6.07) is 4.50. The van der Waals surface area contributed by atoms with E-state index >= 15 is 0 Å². The van der Waals surface area contributed by atoms with Crippen LogP contribution in [0.1, 0.15) is 12.8 Å². The quantitative estimate of drug-likeness (QED) is 0.596. The second kappa shape index (κ2) is 9.11. The number of benzene rings is 1. The van der Waals surface area contributed by atoms with Gasteiger partial charge in [-0.05, 0) is 51.8 Å². The molecule has 0 fully saturated rings. The third-order valence-corrected chi connectivity index (χ3v) is 2.97. The summed E-state index contributed by atoms with van der Waals surface area (Å²) < 4.78 is 13.0. The average molecular weight is 311 g/mol. The number of nitrogens with zero attached hydrogens (tertiary/aromatic N) is 1. The second-order valence-corrected chi connectivity index (χ2v) is 5.26. The molecule has 7 heteroatoms. The molecule has 0 heterocycles. The van der Waals surface area contributed by atoms with Crippen molar-refractivity contribution in [3.8, 4) is 0 Å². The summed E-state index contributed by atoms with van der Waals surface area (Å²) in [5.74, 6) is -2.02. The highest BCUT2D eigenvalue weighted by Crippen LogP contribution is 2.09. The fraction of sp³-hybridized carbons (Fsp3) is 0.467. The summed E-state index contributed by atoms with van der Waals surface area (Å²) in [6.07, 6.45) is 0.566. The lowest BCUT2D eigenvalue weighted by atomic mass is 10.2. The zero-order valence-electron chi connectivity index (χ0n) is 12.8. The van der Waals surface area contributed by atoms with Gasteiger partial charge in [0.05, 0.1) is 6.42 Å². The summed E-state index contributed by atoms with van der Waals surface area (Å²) in [5.41, 5.74) is 0.307. The molecule has 1 aromatic carbocycles. The first-order valence-electron chi connectivity index (χ1n) is 7.05.